The maximum absolute atomic E-state index is 13.8. The molecule has 0 heterocycles. The second-order valence-corrected chi connectivity index (χ2v) is 9.56. The Bertz CT molecular complexity index is 1060. The van der Waals surface area contributed by atoms with E-state index in [1.807, 2.05) is 6.92 Å². The Kier molecular flexibility index (Phi) is 10.9. The summed E-state index contributed by atoms with van der Waals surface area (Å²) in [7, 11) is 3.35. The van der Waals surface area contributed by atoms with E-state index in [1.165, 1.54) is 23.1 Å². The fourth-order valence-electron chi connectivity index (χ4n) is 3.32. The van der Waals surface area contributed by atoms with Gasteiger partial charge in [0.25, 0.3) is 5.91 Å². The molecule has 0 aliphatic heterocycles. The first-order chi connectivity index (χ1) is 16.5. The molecule has 0 aliphatic carbocycles. The van der Waals surface area contributed by atoms with Crippen molar-refractivity contribution in [1.82, 2.24) is 15.5 Å². The van der Waals surface area contributed by atoms with Gasteiger partial charge in [-0.05, 0) is 42.3 Å². The van der Waals surface area contributed by atoms with Crippen molar-refractivity contribution in [2.24, 2.45) is 0 Å². The molecule has 187 valence electrons. The minimum Gasteiger partial charge on any atom is -0.350 e. The van der Waals surface area contributed by atoms with Crippen molar-refractivity contribution in [3.05, 3.63) is 68.1 Å². The van der Waals surface area contributed by atoms with Crippen LogP contribution in [0.5, 0.6) is 0 Å². The highest BCUT2D eigenvalue weighted by atomic mass is 79.9. The summed E-state index contributed by atoms with van der Waals surface area (Å²) in [5.74, 6) is -2.12. The average molecular weight is 616 g/mol. The van der Waals surface area contributed by atoms with Crippen molar-refractivity contribution in [1.29, 1.82) is 0 Å². The highest BCUT2D eigenvalue weighted by Crippen LogP contribution is 2.38. The SMILES string of the molecule is C[B]c1cc(/C=C/C(c2cc(Br)cc(Br)c2)C(F)(F)F)ccc1C(=O)NCCN(C)C(=O)NCC. The molecule has 35 heavy (non-hydrogen) atoms. The van der Waals surface area contributed by atoms with E-state index in [0.29, 0.717) is 38.6 Å². The summed E-state index contributed by atoms with van der Waals surface area (Å²) >= 11 is 6.48. The zero-order chi connectivity index (χ0) is 26.2. The van der Waals surface area contributed by atoms with Gasteiger partial charge in [-0.2, -0.15) is 13.2 Å². The van der Waals surface area contributed by atoms with E-state index in [1.54, 1.807) is 45.4 Å². The van der Waals surface area contributed by atoms with Crippen LogP contribution in [0, 0.1) is 0 Å². The van der Waals surface area contributed by atoms with Crippen LogP contribution in [-0.2, 0) is 0 Å². The fourth-order valence-corrected chi connectivity index (χ4v) is 4.65. The van der Waals surface area contributed by atoms with Gasteiger partial charge in [0.2, 0.25) is 0 Å². The zero-order valence-corrected chi connectivity index (χ0v) is 22.7. The molecule has 0 saturated carbocycles. The molecule has 2 aromatic carbocycles. The molecule has 1 unspecified atom stereocenters. The van der Waals surface area contributed by atoms with Crippen LogP contribution in [0.4, 0.5) is 18.0 Å². The van der Waals surface area contributed by atoms with Crippen molar-refractivity contribution in [3.8, 4) is 0 Å². The highest BCUT2D eigenvalue weighted by Gasteiger charge is 2.39. The Hall–Kier alpha value is -2.27. The number of allylic oxidation sites excluding steroid dienone is 1. The Morgan fingerprint density at radius 2 is 1.77 bits per heavy atom. The number of urea groups is 1. The standard InChI is InChI=1S/C24H26BBr2F3N3O2/c1-4-31-23(35)33(3)10-9-32-22(34)19-7-5-15(11-21(19)25-2)6-8-20(24(28,29)30)16-12-17(26)14-18(27)13-16/h5-8,11-14,20H,4,9-10H2,1-3H3,(H,31,35)(H,32,34)/b8-6+. The first-order valence-corrected chi connectivity index (χ1v) is 12.5. The fraction of sp³-hybridized carbons (Fsp3) is 0.333. The summed E-state index contributed by atoms with van der Waals surface area (Å²) in [6.45, 7) is 4.66. The van der Waals surface area contributed by atoms with E-state index in [0.717, 1.165) is 6.08 Å². The van der Waals surface area contributed by atoms with E-state index in [2.05, 4.69) is 42.5 Å². The van der Waals surface area contributed by atoms with Crippen LogP contribution in [0.3, 0.4) is 0 Å². The third-order valence-corrected chi connectivity index (χ3v) is 6.03. The summed E-state index contributed by atoms with van der Waals surface area (Å²) in [5, 5.41) is 5.44. The normalized spacial score (nSPS) is 12.3. The average Bonchev–Trinajstić information content (AvgIpc) is 2.77. The van der Waals surface area contributed by atoms with Gasteiger partial charge in [-0.3, -0.25) is 4.79 Å². The molecule has 2 rings (SSSR count). The van der Waals surface area contributed by atoms with Crippen LogP contribution in [0.1, 0.15) is 34.3 Å². The molecule has 2 aromatic rings. The highest BCUT2D eigenvalue weighted by molar-refractivity contribution is 9.11. The number of amides is 3. The summed E-state index contributed by atoms with van der Waals surface area (Å²) in [6, 6.07) is 9.17. The van der Waals surface area contributed by atoms with Crippen molar-refractivity contribution < 1.29 is 22.8 Å². The number of likely N-dealkylation sites (N-methyl/N-ethyl adjacent to an activating group) is 1. The van der Waals surface area contributed by atoms with Crippen molar-refractivity contribution in [3.63, 3.8) is 0 Å². The maximum atomic E-state index is 13.8. The molecular weight excluding hydrogens is 590 g/mol. The second-order valence-electron chi connectivity index (χ2n) is 7.73. The van der Waals surface area contributed by atoms with E-state index in [-0.39, 0.29) is 24.0 Å². The van der Waals surface area contributed by atoms with E-state index in [9.17, 15) is 22.8 Å². The summed E-state index contributed by atoms with van der Waals surface area (Å²) in [4.78, 5) is 25.8. The summed E-state index contributed by atoms with van der Waals surface area (Å²) < 4.78 is 42.4. The van der Waals surface area contributed by atoms with Gasteiger partial charge in [0, 0.05) is 41.2 Å². The number of nitrogens with zero attached hydrogens (tertiary/aromatic N) is 1. The van der Waals surface area contributed by atoms with Crippen LogP contribution < -0.4 is 16.1 Å². The molecule has 5 nitrogen and oxygen atoms in total. The number of alkyl halides is 3. The zero-order valence-electron chi connectivity index (χ0n) is 19.5. The minimum absolute atomic E-state index is 0.103. The Morgan fingerprint density at radius 3 is 2.34 bits per heavy atom. The lowest BCUT2D eigenvalue weighted by atomic mass is 9.70. The molecule has 1 atom stereocenters. The maximum Gasteiger partial charge on any atom is 0.399 e. The predicted octanol–water partition coefficient (Wildman–Crippen LogP) is 5.34. The van der Waals surface area contributed by atoms with Gasteiger partial charge in [0.05, 0.1) is 5.92 Å². The molecule has 11 heteroatoms. The van der Waals surface area contributed by atoms with E-state index >= 15 is 0 Å². The number of hydrogen-bond donors (Lipinski definition) is 2. The molecule has 0 saturated heterocycles. The van der Waals surface area contributed by atoms with Crippen molar-refractivity contribution >= 4 is 62.6 Å². The molecule has 2 N–H and O–H groups in total. The lowest BCUT2D eigenvalue weighted by Crippen LogP contribution is -2.42. The van der Waals surface area contributed by atoms with Gasteiger partial charge in [0.15, 0.2) is 0 Å². The molecule has 0 bridgehead atoms. The van der Waals surface area contributed by atoms with Crippen molar-refractivity contribution in [2.45, 2.75) is 25.8 Å². The van der Waals surface area contributed by atoms with Crippen LogP contribution in [-0.4, -0.2) is 57.0 Å². The lowest BCUT2D eigenvalue weighted by molar-refractivity contribution is -0.139. The van der Waals surface area contributed by atoms with E-state index in [4.69, 9.17) is 0 Å². The Labute approximate surface area is 221 Å². The quantitative estimate of drug-likeness (QED) is 0.374. The molecule has 3 amide bonds. The third-order valence-electron chi connectivity index (χ3n) is 5.12. The van der Waals surface area contributed by atoms with Crippen LogP contribution >= 0.6 is 31.9 Å². The van der Waals surface area contributed by atoms with E-state index < -0.39 is 12.1 Å². The Morgan fingerprint density at radius 1 is 1.11 bits per heavy atom. The predicted molar refractivity (Wildman–Crippen MR) is 141 cm³/mol. The molecule has 0 aliphatic rings. The summed E-state index contributed by atoms with van der Waals surface area (Å²) in [6.07, 6.45) is -1.96. The first kappa shape index (κ1) is 29.0. The molecule has 0 aromatic heterocycles. The molecular formula is C24H26BBr2F3N3O2. The number of hydrogen-bond acceptors (Lipinski definition) is 2. The van der Waals surface area contributed by atoms with Crippen LogP contribution in [0.25, 0.3) is 6.08 Å². The number of carbonyl (C=O) groups is 2. The first-order valence-electron chi connectivity index (χ1n) is 10.9. The summed E-state index contributed by atoms with van der Waals surface area (Å²) in [5.41, 5.74) is 1.63. The minimum atomic E-state index is -4.47. The van der Waals surface area contributed by atoms with Crippen LogP contribution in [0.15, 0.2) is 51.4 Å². The number of benzene rings is 2. The molecule has 0 fully saturated rings. The van der Waals surface area contributed by atoms with Crippen molar-refractivity contribution in [2.75, 3.05) is 26.7 Å². The number of carbonyl (C=O) groups excluding carboxylic acids is 2. The smallest absolute Gasteiger partial charge is 0.350 e. The second kappa shape index (κ2) is 13.2. The molecule has 1 radical (unpaired) electrons. The van der Waals surface area contributed by atoms with Gasteiger partial charge in [-0.25, -0.2) is 4.79 Å². The third kappa shape index (κ3) is 8.72. The monoisotopic (exact) mass is 614 g/mol. The van der Waals surface area contributed by atoms with Gasteiger partial charge < -0.3 is 15.5 Å². The number of nitrogens with one attached hydrogen (secondary N) is 2. The van der Waals surface area contributed by atoms with Crippen LogP contribution in [0.2, 0.25) is 6.82 Å². The van der Waals surface area contributed by atoms with Gasteiger partial charge in [0.1, 0.15) is 7.28 Å². The number of halogens is 5. The Balaban J connectivity index is 2.16. The van der Waals surface area contributed by atoms with Gasteiger partial charge in [-0.1, -0.05) is 68.4 Å². The number of rotatable bonds is 9. The lowest BCUT2D eigenvalue weighted by Gasteiger charge is -2.18. The van der Waals surface area contributed by atoms with Gasteiger partial charge >= 0.3 is 12.2 Å². The topological polar surface area (TPSA) is 61.4 Å². The largest absolute Gasteiger partial charge is 0.399 e. The molecule has 0 spiro atoms. The van der Waals surface area contributed by atoms with Gasteiger partial charge in [-0.15, -0.1) is 0 Å².